The van der Waals surface area contributed by atoms with Crippen molar-refractivity contribution in [3.05, 3.63) is 40.4 Å². The van der Waals surface area contributed by atoms with E-state index in [0.29, 0.717) is 11.3 Å². The van der Waals surface area contributed by atoms with E-state index in [-0.39, 0.29) is 28.4 Å². The molecular weight excluding hydrogens is 288 g/mol. The molecule has 9 heteroatoms. The Morgan fingerprint density at radius 2 is 2.32 bits per heavy atom. The molecule has 3 rings (SSSR count). The van der Waals surface area contributed by atoms with E-state index >= 15 is 0 Å². The third kappa shape index (κ3) is 2.46. The maximum absolute atomic E-state index is 11.5. The van der Waals surface area contributed by atoms with Crippen molar-refractivity contribution in [1.29, 1.82) is 0 Å². The number of aromatic amines is 2. The van der Waals surface area contributed by atoms with E-state index in [1.54, 1.807) is 18.2 Å². The lowest BCUT2D eigenvalue weighted by Crippen LogP contribution is -2.05. The SMILES string of the molecule is COc1cccc(/C=N/Nc2nc3nc[nH]c(=O)c3[nH]2)c1O. The molecule has 22 heavy (non-hydrogen) atoms. The minimum atomic E-state index is -0.319. The van der Waals surface area contributed by atoms with Crippen molar-refractivity contribution in [2.45, 2.75) is 0 Å². The lowest BCUT2D eigenvalue weighted by molar-refractivity contribution is 0.373. The van der Waals surface area contributed by atoms with Crippen LogP contribution in [0.25, 0.3) is 11.2 Å². The molecule has 2 heterocycles. The Hall–Kier alpha value is -3.36. The molecule has 0 unspecified atom stereocenters. The number of hydrogen-bond acceptors (Lipinski definition) is 7. The molecule has 0 saturated carbocycles. The van der Waals surface area contributed by atoms with Crippen LogP contribution in [-0.2, 0) is 0 Å². The fourth-order valence-electron chi connectivity index (χ4n) is 1.86. The van der Waals surface area contributed by atoms with Crippen molar-refractivity contribution in [3.63, 3.8) is 0 Å². The van der Waals surface area contributed by atoms with Crippen molar-refractivity contribution in [2.75, 3.05) is 12.5 Å². The molecule has 0 radical (unpaired) electrons. The molecule has 4 N–H and O–H groups in total. The standard InChI is InChI=1S/C13H12N6O3/c1-22-8-4-2-3-7(10(8)20)5-16-19-13-17-9-11(18-13)14-6-15-12(9)21/h2-6,20H,1H3,(H3,14,15,17,18,19,21)/b16-5+. The number of imidazole rings is 1. The van der Waals surface area contributed by atoms with Gasteiger partial charge in [-0.1, -0.05) is 6.07 Å². The van der Waals surface area contributed by atoms with Crippen molar-refractivity contribution in [2.24, 2.45) is 5.10 Å². The maximum Gasteiger partial charge on any atom is 0.276 e. The van der Waals surface area contributed by atoms with Gasteiger partial charge in [-0.15, -0.1) is 0 Å². The Morgan fingerprint density at radius 3 is 3.09 bits per heavy atom. The summed E-state index contributed by atoms with van der Waals surface area (Å²) < 4.78 is 5.01. The minimum Gasteiger partial charge on any atom is -0.504 e. The molecule has 0 saturated heterocycles. The van der Waals surface area contributed by atoms with E-state index in [1.807, 2.05) is 0 Å². The Balaban J connectivity index is 1.82. The molecule has 0 amide bonds. The van der Waals surface area contributed by atoms with Gasteiger partial charge in [-0.05, 0) is 12.1 Å². The van der Waals surface area contributed by atoms with Gasteiger partial charge in [-0.25, -0.2) is 10.4 Å². The summed E-state index contributed by atoms with van der Waals surface area (Å²) in [6.07, 6.45) is 2.68. The lowest BCUT2D eigenvalue weighted by atomic mass is 10.2. The van der Waals surface area contributed by atoms with Gasteiger partial charge < -0.3 is 19.8 Å². The molecule has 112 valence electrons. The van der Waals surface area contributed by atoms with Gasteiger partial charge in [-0.2, -0.15) is 10.1 Å². The first kappa shape index (κ1) is 13.6. The molecule has 1 aromatic carbocycles. The molecule has 0 fully saturated rings. The molecule has 2 aromatic heterocycles. The van der Waals surface area contributed by atoms with Gasteiger partial charge >= 0.3 is 0 Å². The fraction of sp³-hybridized carbons (Fsp3) is 0.0769. The quantitative estimate of drug-likeness (QED) is 0.417. The van der Waals surface area contributed by atoms with Gasteiger partial charge in [0.1, 0.15) is 0 Å². The maximum atomic E-state index is 11.5. The zero-order chi connectivity index (χ0) is 15.5. The number of nitrogens with zero attached hydrogens (tertiary/aromatic N) is 3. The predicted molar refractivity (Wildman–Crippen MR) is 80.4 cm³/mol. The summed E-state index contributed by atoms with van der Waals surface area (Å²) in [5, 5.41) is 13.9. The average molecular weight is 300 g/mol. The number of phenolic OH excluding ortho intramolecular Hbond substituents is 1. The molecule has 9 nitrogen and oxygen atoms in total. The van der Waals surface area contributed by atoms with Crippen LogP contribution >= 0.6 is 0 Å². The van der Waals surface area contributed by atoms with Gasteiger partial charge in [0.25, 0.3) is 5.56 Å². The summed E-state index contributed by atoms with van der Waals surface area (Å²) in [7, 11) is 1.47. The highest BCUT2D eigenvalue weighted by Crippen LogP contribution is 2.27. The highest BCUT2D eigenvalue weighted by Gasteiger charge is 2.07. The van der Waals surface area contributed by atoms with Crippen molar-refractivity contribution < 1.29 is 9.84 Å². The molecule has 0 spiro atoms. The molecule has 0 aliphatic heterocycles. The molecule has 0 bridgehead atoms. The smallest absolute Gasteiger partial charge is 0.276 e. The number of hydrogen-bond donors (Lipinski definition) is 4. The molecule has 0 aliphatic rings. The second kappa shape index (κ2) is 5.56. The number of rotatable bonds is 4. The highest BCUT2D eigenvalue weighted by atomic mass is 16.5. The van der Waals surface area contributed by atoms with Crippen LogP contribution in [0, 0.1) is 0 Å². The molecule has 3 aromatic rings. The van der Waals surface area contributed by atoms with E-state index in [1.165, 1.54) is 19.7 Å². The molecular formula is C13H12N6O3. The first-order valence-corrected chi connectivity index (χ1v) is 6.27. The second-order valence-corrected chi connectivity index (χ2v) is 4.28. The van der Waals surface area contributed by atoms with Crippen LogP contribution in [0.2, 0.25) is 0 Å². The van der Waals surface area contributed by atoms with Crippen LogP contribution in [0.15, 0.2) is 34.4 Å². The Labute approximate surface area is 123 Å². The summed E-state index contributed by atoms with van der Waals surface area (Å²) in [5.41, 5.74) is 3.32. The van der Waals surface area contributed by atoms with Crippen molar-refractivity contribution in [3.8, 4) is 11.5 Å². The normalized spacial score (nSPS) is 11.1. The number of methoxy groups -OCH3 is 1. The largest absolute Gasteiger partial charge is 0.504 e. The van der Waals surface area contributed by atoms with Gasteiger partial charge in [-0.3, -0.25) is 4.79 Å². The first-order chi connectivity index (χ1) is 10.7. The predicted octanol–water partition coefficient (Wildman–Crippen LogP) is 0.806. The van der Waals surface area contributed by atoms with Crippen molar-refractivity contribution >= 4 is 23.3 Å². The number of aromatic nitrogens is 4. The number of benzene rings is 1. The van der Waals surface area contributed by atoms with Crippen LogP contribution < -0.4 is 15.7 Å². The number of para-hydroxylation sites is 1. The highest BCUT2D eigenvalue weighted by molar-refractivity contribution is 5.85. The summed E-state index contributed by atoms with van der Waals surface area (Å²) in [5.74, 6) is 0.597. The van der Waals surface area contributed by atoms with E-state index in [0.717, 1.165) is 0 Å². The van der Waals surface area contributed by atoms with E-state index < -0.39 is 0 Å². The van der Waals surface area contributed by atoms with Crippen LogP contribution in [-0.4, -0.2) is 38.4 Å². The number of ether oxygens (including phenoxy) is 1. The Morgan fingerprint density at radius 1 is 1.45 bits per heavy atom. The number of anilines is 1. The Bertz CT molecular complexity index is 898. The third-order valence-corrected chi connectivity index (χ3v) is 2.92. The van der Waals surface area contributed by atoms with Gasteiger partial charge in [0.2, 0.25) is 5.95 Å². The number of phenols is 1. The van der Waals surface area contributed by atoms with Gasteiger partial charge in [0.15, 0.2) is 22.7 Å². The van der Waals surface area contributed by atoms with Crippen LogP contribution in [0.1, 0.15) is 5.56 Å². The fourth-order valence-corrected chi connectivity index (χ4v) is 1.86. The van der Waals surface area contributed by atoms with Gasteiger partial charge in [0, 0.05) is 5.56 Å². The van der Waals surface area contributed by atoms with Crippen LogP contribution in [0.4, 0.5) is 5.95 Å². The number of hydrazone groups is 1. The van der Waals surface area contributed by atoms with Gasteiger partial charge in [0.05, 0.1) is 19.7 Å². The number of nitrogens with one attached hydrogen (secondary N) is 3. The number of aromatic hydroxyl groups is 1. The van der Waals surface area contributed by atoms with E-state index in [9.17, 15) is 9.90 Å². The minimum absolute atomic E-state index is 0.0155. The zero-order valence-electron chi connectivity index (χ0n) is 11.5. The first-order valence-electron chi connectivity index (χ1n) is 6.27. The Kier molecular flexibility index (Phi) is 3.44. The molecule has 0 aliphatic carbocycles. The van der Waals surface area contributed by atoms with Crippen LogP contribution in [0.3, 0.4) is 0 Å². The van der Waals surface area contributed by atoms with E-state index in [4.69, 9.17) is 4.74 Å². The summed E-state index contributed by atoms with van der Waals surface area (Å²) in [4.78, 5) is 24.7. The lowest BCUT2D eigenvalue weighted by Gasteiger charge is -2.04. The van der Waals surface area contributed by atoms with Crippen molar-refractivity contribution in [1.82, 2.24) is 19.9 Å². The zero-order valence-corrected chi connectivity index (χ0v) is 11.5. The summed E-state index contributed by atoms with van der Waals surface area (Å²) >= 11 is 0. The number of H-pyrrole nitrogens is 2. The topological polar surface area (TPSA) is 128 Å². The average Bonchev–Trinajstić information content (AvgIpc) is 2.93. The monoisotopic (exact) mass is 300 g/mol. The second-order valence-electron chi connectivity index (χ2n) is 4.28. The number of fused-ring (bicyclic) bond motifs is 1. The van der Waals surface area contributed by atoms with Crippen LogP contribution in [0.5, 0.6) is 11.5 Å². The summed E-state index contributed by atoms with van der Waals surface area (Å²) in [6, 6.07) is 5.04. The summed E-state index contributed by atoms with van der Waals surface area (Å²) in [6.45, 7) is 0. The molecule has 0 atom stereocenters. The van der Waals surface area contributed by atoms with E-state index in [2.05, 4.69) is 30.5 Å². The third-order valence-electron chi connectivity index (χ3n) is 2.92.